The van der Waals surface area contributed by atoms with E-state index < -0.39 is 11.6 Å². The molecule has 1 aliphatic rings. The highest BCUT2D eigenvalue weighted by atomic mass is 16.3. The zero-order valence-electron chi connectivity index (χ0n) is 9.78. The van der Waals surface area contributed by atoms with Crippen molar-refractivity contribution in [1.82, 2.24) is 5.32 Å². The number of aliphatic hydroxyl groups is 2. The number of carbonyl (C=O) groups excluding carboxylic acids is 1. The molecule has 5 nitrogen and oxygen atoms in total. The topological polar surface area (TPSA) is 95.6 Å². The van der Waals surface area contributed by atoms with E-state index in [0.717, 1.165) is 12.8 Å². The minimum Gasteiger partial charge on any atom is -0.394 e. The number of nitrogens with two attached hydrogens (primary N) is 1. The Labute approximate surface area is 96.0 Å². The highest BCUT2D eigenvalue weighted by Crippen LogP contribution is 2.30. The summed E-state index contributed by atoms with van der Waals surface area (Å²) in [5.74, 6) is 0.193. The molecule has 2 atom stereocenters. The third-order valence-corrected chi connectivity index (χ3v) is 3.26. The Morgan fingerprint density at radius 1 is 1.56 bits per heavy atom. The fraction of sp³-hybridized carbons (Fsp3) is 0.909. The van der Waals surface area contributed by atoms with Gasteiger partial charge >= 0.3 is 0 Å². The average molecular weight is 230 g/mol. The second kappa shape index (κ2) is 5.61. The maximum atomic E-state index is 11.9. The first-order valence-corrected chi connectivity index (χ1v) is 5.83. The first-order chi connectivity index (χ1) is 7.51. The number of rotatable bonds is 4. The first-order valence-electron chi connectivity index (χ1n) is 5.83. The van der Waals surface area contributed by atoms with Crippen LogP contribution in [0, 0.1) is 5.92 Å². The monoisotopic (exact) mass is 230 g/mol. The van der Waals surface area contributed by atoms with Gasteiger partial charge in [-0.15, -0.1) is 0 Å². The van der Waals surface area contributed by atoms with Crippen molar-refractivity contribution >= 4 is 5.91 Å². The number of hydrogen-bond acceptors (Lipinski definition) is 4. The summed E-state index contributed by atoms with van der Waals surface area (Å²) in [6.45, 7) is 1.55. The standard InChI is InChI=1S/C11H22N2O3/c1-8-3-2-4-11(12,5-8)10(16)13-9(6-14)7-15/h8-9,14-15H,2-7,12H2,1H3,(H,13,16). The molecule has 1 amide bonds. The third kappa shape index (κ3) is 3.17. The van der Waals surface area contributed by atoms with E-state index in [1.807, 2.05) is 0 Å². The van der Waals surface area contributed by atoms with E-state index in [1.54, 1.807) is 0 Å². The highest BCUT2D eigenvalue weighted by molar-refractivity contribution is 5.86. The highest BCUT2D eigenvalue weighted by Gasteiger charge is 2.38. The molecule has 0 aromatic heterocycles. The summed E-state index contributed by atoms with van der Waals surface area (Å²) in [7, 11) is 0. The lowest BCUT2D eigenvalue weighted by atomic mass is 9.76. The van der Waals surface area contributed by atoms with Gasteiger partial charge in [-0.3, -0.25) is 4.79 Å². The molecule has 2 unspecified atom stereocenters. The Morgan fingerprint density at radius 3 is 2.69 bits per heavy atom. The molecule has 0 aromatic rings. The molecule has 16 heavy (non-hydrogen) atoms. The molecule has 0 heterocycles. The quantitative estimate of drug-likeness (QED) is 0.517. The predicted octanol–water partition coefficient (Wildman–Crippen LogP) is -0.637. The first kappa shape index (κ1) is 13.4. The molecule has 1 rings (SSSR count). The molecule has 94 valence electrons. The lowest BCUT2D eigenvalue weighted by Crippen LogP contribution is -2.59. The van der Waals surface area contributed by atoms with E-state index in [1.165, 1.54) is 0 Å². The Bertz CT molecular complexity index is 243. The van der Waals surface area contributed by atoms with Crippen molar-refractivity contribution in [3.8, 4) is 0 Å². The van der Waals surface area contributed by atoms with E-state index in [2.05, 4.69) is 12.2 Å². The molecule has 1 fully saturated rings. The Balaban J connectivity index is 2.57. The van der Waals surface area contributed by atoms with Crippen LogP contribution in [0.2, 0.25) is 0 Å². The summed E-state index contributed by atoms with van der Waals surface area (Å²) < 4.78 is 0. The van der Waals surface area contributed by atoms with Crippen molar-refractivity contribution in [1.29, 1.82) is 0 Å². The number of hydrogen-bond donors (Lipinski definition) is 4. The number of amides is 1. The van der Waals surface area contributed by atoms with Gasteiger partial charge in [-0.25, -0.2) is 0 Å². The number of nitrogens with one attached hydrogen (secondary N) is 1. The van der Waals surface area contributed by atoms with Gasteiger partial charge in [0.15, 0.2) is 0 Å². The predicted molar refractivity (Wildman–Crippen MR) is 60.7 cm³/mol. The molecule has 1 saturated carbocycles. The fourth-order valence-corrected chi connectivity index (χ4v) is 2.28. The van der Waals surface area contributed by atoms with E-state index in [-0.39, 0.29) is 19.1 Å². The Kier molecular flexibility index (Phi) is 4.70. The molecule has 0 bridgehead atoms. The average Bonchev–Trinajstić information content (AvgIpc) is 2.25. The molecule has 0 aliphatic heterocycles. The van der Waals surface area contributed by atoms with Crippen molar-refractivity contribution in [2.45, 2.75) is 44.2 Å². The van der Waals surface area contributed by atoms with E-state index in [0.29, 0.717) is 18.8 Å². The van der Waals surface area contributed by atoms with Crippen LogP contribution >= 0.6 is 0 Å². The van der Waals surface area contributed by atoms with Crippen molar-refractivity contribution in [2.75, 3.05) is 13.2 Å². The van der Waals surface area contributed by atoms with Gasteiger partial charge in [0.1, 0.15) is 0 Å². The fourth-order valence-electron chi connectivity index (χ4n) is 2.28. The number of aliphatic hydroxyl groups excluding tert-OH is 2. The molecule has 5 heteroatoms. The summed E-state index contributed by atoms with van der Waals surface area (Å²) in [4.78, 5) is 11.9. The van der Waals surface area contributed by atoms with Gasteiger partial charge in [0, 0.05) is 0 Å². The number of carbonyl (C=O) groups is 1. The van der Waals surface area contributed by atoms with Gasteiger partial charge in [-0.2, -0.15) is 0 Å². The minimum atomic E-state index is -0.833. The third-order valence-electron chi connectivity index (χ3n) is 3.26. The van der Waals surface area contributed by atoms with Crippen LogP contribution in [0.1, 0.15) is 32.6 Å². The summed E-state index contributed by atoms with van der Waals surface area (Å²) in [5.41, 5.74) is 5.24. The van der Waals surface area contributed by atoms with Crippen molar-refractivity contribution < 1.29 is 15.0 Å². The van der Waals surface area contributed by atoms with Crippen LogP contribution in [0.4, 0.5) is 0 Å². The van der Waals surface area contributed by atoms with Gasteiger partial charge in [0.25, 0.3) is 0 Å². The maximum Gasteiger partial charge on any atom is 0.240 e. The Hall–Kier alpha value is -0.650. The molecular weight excluding hydrogens is 208 g/mol. The van der Waals surface area contributed by atoms with Crippen LogP contribution < -0.4 is 11.1 Å². The molecule has 1 aliphatic carbocycles. The molecule has 0 radical (unpaired) electrons. The zero-order valence-corrected chi connectivity index (χ0v) is 9.78. The summed E-state index contributed by atoms with van der Waals surface area (Å²) in [6, 6.07) is -0.606. The Morgan fingerprint density at radius 2 is 2.19 bits per heavy atom. The van der Waals surface area contributed by atoms with Crippen LogP contribution in [0.5, 0.6) is 0 Å². The second-order valence-corrected chi connectivity index (χ2v) is 4.89. The van der Waals surface area contributed by atoms with Crippen LogP contribution in [-0.2, 0) is 4.79 Å². The van der Waals surface area contributed by atoms with Crippen molar-refractivity contribution in [3.05, 3.63) is 0 Å². The van der Waals surface area contributed by atoms with Crippen LogP contribution in [-0.4, -0.2) is 40.9 Å². The van der Waals surface area contributed by atoms with Gasteiger partial charge in [-0.1, -0.05) is 19.8 Å². The smallest absolute Gasteiger partial charge is 0.240 e. The van der Waals surface area contributed by atoms with Gasteiger partial charge < -0.3 is 21.3 Å². The van der Waals surface area contributed by atoms with Crippen molar-refractivity contribution in [3.63, 3.8) is 0 Å². The van der Waals surface area contributed by atoms with Gasteiger partial charge in [0.05, 0.1) is 24.8 Å². The van der Waals surface area contributed by atoms with E-state index in [4.69, 9.17) is 15.9 Å². The summed E-state index contributed by atoms with van der Waals surface area (Å²) in [5, 5.41) is 20.4. The van der Waals surface area contributed by atoms with E-state index >= 15 is 0 Å². The molecule has 5 N–H and O–H groups in total. The minimum absolute atomic E-state index is 0.257. The largest absolute Gasteiger partial charge is 0.394 e. The normalized spacial score (nSPS) is 30.4. The molecular formula is C11H22N2O3. The molecule has 0 saturated heterocycles. The SMILES string of the molecule is CC1CCCC(N)(C(=O)NC(CO)CO)C1. The maximum absolute atomic E-state index is 11.9. The van der Waals surface area contributed by atoms with Crippen LogP contribution in [0.25, 0.3) is 0 Å². The van der Waals surface area contributed by atoms with Gasteiger partial charge in [0.2, 0.25) is 5.91 Å². The molecule has 0 spiro atoms. The summed E-state index contributed by atoms with van der Waals surface area (Å²) >= 11 is 0. The van der Waals surface area contributed by atoms with Crippen LogP contribution in [0.15, 0.2) is 0 Å². The van der Waals surface area contributed by atoms with Gasteiger partial charge in [-0.05, 0) is 18.8 Å². The van der Waals surface area contributed by atoms with E-state index in [9.17, 15) is 4.79 Å². The summed E-state index contributed by atoms with van der Waals surface area (Å²) in [6.07, 6.45) is 3.40. The zero-order chi connectivity index (χ0) is 12.2. The van der Waals surface area contributed by atoms with Crippen molar-refractivity contribution in [2.24, 2.45) is 11.7 Å². The molecule has 0 aromatic carbocycles. The lowest BCUT2D eigenvalue weighted by molar-refractivity contribution is -0.129. The lowest BCUT2D eigenvalue weighted by Gasteiger charge is -2.36. The van der Waals surface area contributed by atoms with Crippen LogP contribution in [0.3, 0.4) is 0 Å². The second-order valence-electron chi connectivity index (χ2n) is 4.89.